The number of nitrogens with zero attached hydrogens (tertiary/aromatic N) is 1. The first-order chi connectivity index (χ1) is 9.51. The zero-order valence-electron chi connectivity index (χ0n) is 13.7. The Kier molecular flexibility index (Phi) is 7.52. The number of methoxy groups -OCH3 is 1. The number of nitrogens with one attached hydrogen (secondary N) is 1. The molecule has 0 heterocycles. The van der Waals surface area contributed by atoms with Crippen molar-refractivity contribution >= 4 is 5.97 Å². The van der Waals surface area contributed by atoms with Crippen molar-refractivity contribution in [3.63, 3.8) is 0 Å². The highest BCUT2D eigenvalue weighted by Gasteiger charge is 2.35. The SMILES string of the molecule is CCCNC(C)(CN(C)CC1CCCCC1)C(=O)OC. The van der Waals surface area contributed by atoms with Crippen molar-refractivity contribution < 1.29 is 9.53 Å². The molecule has 0 aliphatic heterocycles. The second-order valence-corrected chi connectivity index (χ2v) is 6.45. The van der Waals surface area contributed by atoms with E-state index in [1.165, 1.54) is 39.2 Å². The predicted octanol–water partition coefficient (Wildman–Crippen LogP) is 2.43. The molecule has 1 aliphatic rings. The third kappa shape index (κ3) is 5.41. The van der Waals surface area contributed by atoms with E-state index in [0.29, 0.717) is 6.54 Å². The molecule has 0 aromatic rings. The number of carbonyl (C=O) groups excluding carboxylic acids is 1. The van der Waals surface area contributed by atoms with Gasteiger partial charge < -0.3 is 15.0 Å². The van der Waals surface area contributed by atoms with Crippen molar-refractivity contribution in [2.75, 3.05) is 33.8 Å². The Balaban J connectivity index is 2.51. The minimum absolute atomic E-state index is 0.165. The molecular formula is C16H32N2O2. The van der Waals surface area contributed by atoms with Gasteiger partial charge in [0.15, 0.2) is 0 Å². The Bertz CT molecular complexity index is 290. The summed E-state index contributed by atoms with van der Waals surface area (Å²) in [5, 5.41) is 3.35. The molecule has 1 saturated carbocycles. The van der Waals surface area contributed by atoms with Gasteiger partial charge in [0.2, 0.25) is 0 Å². The van der Waals surface area contributed by atoms with E-state index in [4.69, 9.17) is 4.74 Å². The molecule has 1 fully saturated rings. The molecule has 1 atom stereocenters. The van der Waals surface area contributed by atoms with Crippen LogP contribution in [0.1, 0.15) is 52.4 Å². The van der Waals surface area contributed by atoms with Crippen LogP contribution in [0.5, 0.6) is 0 Å². The van der Waals surface area contributed by atoms with Crippen LogP contribution in [0.15, 0.2) is 0 Å². The summed E-state index contributed by atoms with van der Waals surface area (Å²) < 4.78 is 4.98. The maximum absolute atomic E-state index is 12.1. The summed E-state index contributed by atoms with van der Waals surface area (Å²) in [7, 11) is 3.58. The minimum atomic E-state index is -0.603. The number of likely N-dealkylation sites (N-methyl/N-ethyl adjacent to an activating group) is 1. The van der Waals surface area contributed by atoms with E-state index in [1.807, 2.05) is 6.92 Å². The molecule has 1 aliphatic carbocycles. The van der Waals surface area contributed by atoms with Crippen molar-refractivity contribution in [2.45, 2.75) is 57.9 Å². The molecule has 1 rings (SSSR count). The summed E-state index contributed by atoms with van der Waals surface area (Å²) in [5.41, 5.74) is -0.603. The number of hydrogen-bond acceptors (Lipinski definition) is 4. The van der Waals surface area contributed by atoms with Crippen molar-refractivity contribution in [3.8, 4) is 0 Å². The highest BCUT2D eigenvalue weighted by atomic mass is 16.5. The third-order valence-electron chi connectivity index (χ3n) is 4.28. The fourth-order valence-electron chi connectivity index (χ4n) is 3.23. The second kappa shape index (κ2) is 8.63. The van der Waals surface area contributed by atoms with E-state index in [0.717, 1.165) is 25.4 Å². The van der Waals surface area contributed by atoms with Gasteiger partial charge in [0.05, 0.1) is 7.11 Å². The molecule has 0 aromatic heterocycles. The lowest BCUT2D eigenvalue weighted by Crippen LogP contribution is -2.57. The van der Waals surface area contributed by atoms with Crippen molar-refractivity contribution in [3.05, 3.63) is 0 Å². The van der Waals surface area contributed by atoms with E-state index in [-0.39, 0.29) is 5.97 Å². The maximum Gasteiger partial charge on any atom is 0.327 e. The van der Waals surface area contributed by atoms with Crippen LogP contribution in [0.4, 0.5) is 0 Å². The van der Waals surface area contributed by atoms with Crippen LogP contribution < -0.4 is 5.32 Å². The molecule has 0 saturated heterocycles. The smallest absolute Gasteiger partial charge is 0.327 e. The van der Waals surface area contributed by atoms with Gasteiger partial charge in [-0.2, -0.15) is 0 Å². The normalized spacial score (nSPS) is 19.9. The molecule has 1 unspecified atom stereocenters. The zero-order chi connectivity index (χ0) is 15.0. The van der Waals surface area contributed by atoms with Crippen LogP contribution in [0.3, 0.4) is 0 Å². The van der Waals surface area contributed by atoms with E-state index >= 15 is 0 Å². The highest BCUT2D eigenvalue weighted by molar-refractivity contribution is 5.80. The van der Waals surface area contributed by atoms with Gasteiger partial charge in [-0.1, -0.05) is 26.2 Å². The van der Waals surface area contributed by atoms with Crippen LogP contribution in [-0.4, -0.2) is 50.2 Å². The third-order valence-corrected chi connectivity index (χ3v) is 4.28. The van der Waals surface area contributed by atoms with E-state index in [2.05, 4.69) is 24.2 Å². The van der Waals surface area contributed by atoms with Gasteiger partial charge in [0.25, 0.3) is 0 Å². The lowest BCUT2D eigenvalue weighted by Gasteiger charge is -2.34. The first-order valence-electron chi connectivity index (χ1n) is 8.04. The predicted molar refractivity (Wildman–Crippen MR) is 82.8 cm³/mol. The number of esters is 1. The molecule has 0 aromatic carbocycles. The summed E-state index contributed by atoms with van der Waals surface area (Å²) in [6.07, 6.45) is 7.79. The molecule has 0 spiro atoms. The topological polar surface area (TPSA) is 41.6 Å². The second-order valence-electron chi connectivity index (χ2n) is 6.45. The summed E-state index contributed by atoms with van der Waals surface area (Å²) in [4.78, 5) is 14.3. The monoisotopic (exact) mass is 284 g/mol. The quantitative estimate of drug-likeness (QED) is 0.695. The number of hydrogen-bond donors (Lipinski definition) is 1. The van der Waals surface area contributed by atoms with Gasteiger partial charge in [0.1, 0.15) is 5.54 Å². The largest absolute Gasteiger partial charge is 0.468 e. The lowest BCUT2D eigenvalue weighted by atomic mass is 9.88. The van der Waals surface area contributed by atoms with Gasteiger partial charge in [-0.3, -0.25) is 4.79 Å². The van der Waals surface area contributed by atoms with Gasteiger partial charge >= 0.3 is 5.97 Å². The Hall–Kier alpha value is -0.610. The van der Waals surface area contributed by atoms with Crippen LogP contribution in [0.25, 0.3) is 0 Å². The Labute approximate surface area is 124 Å². The zero-order valence-corrected chi connectivity index (χ0v) is 13.7. The van der Waals surface area contributed by atoms with Crippen LogP contribution in [0, 0.1) is 5.92 Å². The van der Waals surface area contributed by atoms with Gasteiger partial charge in [0, 0.05) is 13.1 Å². The summed E-state index contributed by atoms with van der Waals surface area (Å²) in [5.74, 6) is 0.628. The van der Waals surface area contributed by atoms with E-state index in [1.54, 1.807) is 0 Å². The lowest BCUT2D eigenvalue weighted by molar-refractivity contribution is -0.148. The van der Waals surface area contributed by atoms with Crippen molar-refractivity contribution in [2.24, 2.45) is 5.92 Å². The Morgan fingerprint density at radius 3 is 2.55 bits per heavy atom. The molecule has 4 nitrogen and oxygen atoms in total. The first kappa shape index (κ1) is 17.4. The van der Waals surface area contributed by atoms with E-state index < -0.39 is 5.54 Å². The number of ether oxygens (including phenoxy) is 1. The summed E-state index contributed by atoms with van der Waals surface area (Å²) >= 11 is 0. The van der Waals surface area contributed by atoms with Crippen LogP contribution in [-0.2, 0) is 9.53 Å². The molecule has 0 bridgehead atoms. The fraction of sp³-hybridized carbons (Fsp3) is 0.938. The number of rotatable bonds is 8. The molecular weight excluding hydrogens is 252 g/mol. The van der Waals surface area contributed by atoms with E-state index in [9.17, 15) is 4.79 Å². The molecule has 1 N–H and O–H groups in total. The molecule has 4 heteroatoms. The average Bonchev–Trinajstić information content (AvgIpc) is 2.45. The Morgan fingerprint density at radius 1 is 1.35 bits per heavy atom. The fourth-order valence-corrected chi connectivity index (χ4v) is 3.23. The highest BCUT2D eigenvalue weighted by Crippen LogP contribution is 2.24. The van der Waals surface area contributed by atoms with Crippen molar-refractivity contribution in [1.82, 2.24) is 10.2 Å². The average molecular weight is 284 g/mol. The molecule has 0 radical (unpaired) electrons. The maximum atomic E-state index is 12.1. The molecule has 0 amide bonds. The van der Waals surface area contributed by atoms with Crippen LogP contribution in [0.2, 0.25) is 0 Å². The first-order valence-corrected chi connectivity index (χ1v) is 8.04. The summed E-state index contributed by atoms with van der Waals surface area (Å²) in [6, 6.07) is 0. The Morgan fingerprint density at radius 2 is 2.00 bits per heavy atom. The van der Waals surface area contributed by atoms with Gasteiger partial charge in [-0.05, 0) is 45.7 Å². The standard InChI is InChI=1S/C16H32N2O2/c1-5-11-17-16(2,15(19)20-4)13-18(3)12-14-9-7-6-8-10-14/h14,17H,5-13H2,1-4H3. The molecule has 118 valence electrons. The summed E-state index contributed by atoms with van der Waals surface area (Å²) in [6.45, 7) is 6.68. The van der Waals surface area contributed by atoms with Gasteiger partial charge in [-0.15, -0.1) is 0 Å². The molecule has 20 heavy (non-hydrogen) atoms. The van der Waals surface area contributed by atoms with Crippen molar-refractivity contribution in [1.29, 1.82) is 0 Å². The van der Waals surface area contributed by atoms with Crippen LogP contribution >= 0.6 is 0 Å². The minimum Gasteiger partial charge on any atom is -0.468 e. The van der Waals surface area contributed by atoms with Gasteiger partial charge in [-0.25, -0.2) is 0 Å². The number of carbonyl (C=O) groups is 1.